The lowest BCUT2D eigenvalue weighted by Crippen LogP contribution is -2.23. The molecule has 1 fully saturated rings. The quantitative estimate of drug-likeness (QED) is 0.458. The molecule has 174 valence electrons. The molecule has 0 radical (unpaired) electrons. The first kappa shape index (κ1) is 23.1. The molecule has 6 heteroatoms. The smallest absolute Gasteiger partial charge is 0.329 e. The van der Waals surface area contributed by atoms with Gasteiger partial charge in [0, 0.05) is 23.4 Å². The topological polar surface area (TPSA) is 84.6 Å². The number of rotatable bonds is 9. The Kier molecular flexibility index (Phi) is 7.45. The van der Waals surface area contributed by atoms with Gasteiger partial charge < -0.3 is 14.9 Å². The zero-order chi connectivity index (χ0) is 23.2. The summed E-state index contributed by atoms with van der Waals surface area (Å²) in [6.07, 6.45) is 5.14. The van der Waals surface area contributed by atoms with Gasteiger partial charge in [0.05, 0.1) is 6.61 Å². The fourth-order valence-electron chi connectivity index (χ4n) is 4.91. The first-order chi connectivity index (χ1) is 16.0. The van der Waals surface area contributed by atoms with Gasteiger partial charge in [0.2, 0.25) is 0 Å². The maximum absolute atomic E-state index is 10.7. The van der Waals surface area contributed by atoms with E-state index in [9.17, 15) is 9.90 Å². The Hall–Kier alpha value is -3.12. The number of carboxylic acid groups (broad SMARTS) is 1. The zero-order valence-corrected chi connectivity index (χ0v) is 19.1. The van der Waals surface area contributed by atoms with E-state index in [4.69, 9.17) is 14.9 Å². The molecule has 3 aromatic rings. The highest BCUT2D eigenvalue weighted by Gasteiger charge is 2.25. The van der Waals surface area contributed by atoms with Crippen LogP contribution in [-0.2, 0) is 22.5 Å². The van der Waals surface area contributed by atoms with Gasteiger partial charge in [-0.25, -0.2) is 4.79 Å². The van der Waals surface area contributed by atoms with Crippen LogP contribution in [0, 0.1) is 11.8 Å². The number of benzene rings is 2. The van der Waals surface area contributed by atoms with Crippen molar-refractivity contribution >= 4 is 5.97 Å². The maximum Gasteiger partial charge on any atom is 0.329 e. The highest BCUT2D eigenvalue weighted by Crippen LogP contribution is 2.37. The normalized spacial score (nSPS) is 18.3. The number of nitrogens with zero attached hydrogens (tertiary/aromatic N) is 2. The molecule has 0 aliphatic heterocycles. The molecule has 1 aromatic heterocycles. The van der Waals surface area contributed by atoms with Crippen molar-refractivity contribution in [3.63, 3.8) is 0 Å². The van der Waals surface area contributed by atoms with E-state index in [0.717, 1.165) is 61.0 Å². The van der Waals surface area contributed by atoms with Crippen molar-refractivity contribution in [3.05, 3.63) is 60.3 Å². The molecule has 2 aromatic carbocycles. The molecule has 6 nitrogen and oxygen atoms in total. The van der Waals surface area contributed by atoms with Crippen molar-refractivity contribution in [1.29, 1.82) is 0 Å². The summed E-state index contributed by atoms with van der Waals surface area (Å²) >= 11 is 0. The fraction of sp³-hybridized carbons (Fsp3) is 0.407. The zero-order valence-electron chi connectivity index (χ0n) is 19.1. The van der Waals surface area contributed by atoms with Gasteiger partial charge in [0.25, 0.3) is 0 Å². The van der Waals surface area contributed by atoms with E-state index in [2.05, 4.69) is 23.7 Å². The molecule has 1 aliphatic rings. The van der Waals surface area contributed by atoms with Crippen molar-refractivity contribution < 1.29 is 19.7 Å². The average molecular weight is 449 g/mol. The van der Waals surface area contributed by atoms with Gasteiger partial charge in [0.1, 0.15) is 18.1 Å². The van der Waals surface area contributed by atoms with E-state index < -0.39 is 5.97 Å². The average Bonchev–Trinajstić information content (AvgIpc) is 3.18. The van der Waals surface area contributed by atoms with Crippen molar-refractivity contribution in [2.45, 2.75) is 45.6 Å². The Bertz CT molecular complexity index is 1070. The van der Waals surface area contributed by atoms with E-state index in [1.807, 2.05) is 36.4 Å². The number of ether oxygens (including phenoxy) is 1. The van der Waals surface area contributed by atoms with Crippen molar-refractivity contribution in [2.24, 2.45) is 11.8 Å². The third kappa shape index (κ3) is 5.63. The largest absolute Gasteiger partial charge is 0.508 e. The molecule has 0 saturated heterocycles. The van der Waals surface area contributed by atoms with Crippen LogP contribution in [0.4, 0.5) is 0 Å². The minimum atomic E-state index is -0.911. The van der Waals surface area contributed by atoms with E-state index in [0.29, 0.717) is 18.4 Å². The molecule has 1 aliphatic carbocycles. The number of carbonyl (C=O) groups is 1. The van der Waals surface area contributed by atoms with Crippen LogP contribution in [0.5, 0.6) is 5.75 Å². The van der Waals surface area contributed by atoms with Gasteiger partial charge in [-0.15, -0.1) is 0 Å². The summed E-state index contributed by atoms with van der Waals surface area (Å²) in [6.45, 7) is 3.34. The molecule has 33 heavy (non-hydrogen) atoms. The molecular formula is C27H32N2O4. The predicted octanol–water partition coefficient (Wildman–Crippen LogP) is 5.39. The number of aromatic hydroxyl groups is 1. The van der Waals surface area contributed by atoms with E-state index >= 15 is 0 Å². The van der Waals surface area contributed by atoms with Gasteiger partial charge in [-0.2, -0.15) is 5.10 Å². The van der Waals surface area contributed by atoms with Crippen LogP contribution in [0.2, 0.25) is 0 Å². The van der Waals surface area contributed by atoms with Gasteiger partial charge in [0.15, 0.2) is 0 Å². The molecule has 0 bridgehead atoms. The lowest BCUT2D eigenvalue weighted by Gasteiger charge is -2.28. The number of phenols is 1. The second-order valence-corrected chi connectivity index (χ2v) is 8.92. The van der Waals surface area contributed by atoms with Crippen LogP contribution in [0.15, 0.2) is 54.6 Å². The standard InChI is InChI=1S/C27H32N2O4/c1-2-24-26(22-9-6-10-23(30)15-22)27(21-7-4-3-5-8-21)28-29(24)16-19-11-13-20(14-12-19)17-33-18-25(31)32/h3-10,15,19-20,30H,2,11-14,16-18H2,1H3,(H,31,32)/t19-,20+. The summed E-state index contributed by atoms with van der Waals surface area (Å²) in [5, 5.41) is 24.0. The molecule has 0 spiro atoms. The Morgan fingerprint density at radius 1 is 1.03 bits per heavy atom. The minimum Gasteiger partial charge on any atom is -0.508 e. The first-order valence-corrected chi connectivity index (χ1v) is 11.8. The number of aliphatic carboxylic acids is 1. The predicted molar refractivity (Wildman–Crippen MR) is 128 cm³/mol. The van der Waals surface area contributed by atoms with Crippen LogP contribution < -0.4 is 0 Å². The summed E-state index contributed by atoms with van der Waals surface area (Å²) in [5.41, 5.74) is 5.29. The second kappa shape index (κ2) is 10.7. The number of phenolic OH excluding ortho intramolecular Hbond substituents is 1. The highest BCUT2D eigenvalue weighted by molar-refractivity contribution is 5.83. The number of carboxylic acids is 1. The summed E-state index contributed by atoms with van der Waals surface area (Å²) in [6, 6.07) is 17.7. The third-order valence-electron chi connectivity index (χ3n) is 6.55. The summed E-state index contributed by atoms with van der Waals surface area (Å²) < 4.78 is 7.49. The molecule has 0 atom stereocenters. The van der Waals surface area contributed by atoms with Crippen LogP contribution in [0.3, 0.4) is 0 Å². The van der Waals surface area contributed by atoms with Gasteiger partial charge in [-0.3, -0.25) is 4.68 Å². The van der Waals surface area contributed by atoms with Crippen molar-refractivity contribution in [2.75, 3.05) is 13.2 Å². The lowest BCUT2D eigenvalue weighted by atomic mass is 9.82. The third-order valence-corrected chi connectivity index (χ3v) is 6.55. The Labute approximate surface area is 194 Å². The summed E-state index contributed by atoms with van der Waals surface area (Å²) in [5.74, 6) is 0.314. The molecule has 1 heterocycles. The Morgan fingerprint density at radius 3 is 2.39 bits per heavy atom. The Balaban J connectivity index is 1.56. The van der Waals surface area contributed by atoms with Gasteiger partial charge >= 0.3 is 5.97 Å². The van der Waals surface area contributed by atoms with E-state index in [1.54, 1.807) is 6.07 Å². The summed E-state index contributed by atoms with van der Waals surface area (Å²) in [7, 11) is 0. The van der Waals surface area contributed by atoms with Crippen molar-refractivity contribution in [1.82, 2.24) is 9.78 Å². The minimum absolute atomic E-state index is 0.215. The molecule has 0 unspecified atom stereocenters. The molecular weight excluding hydrogens is 416 g/mol. The first-order valence-electron chi connectivity index (χ1n) is 11.8. The molecule has 0 amide bonds. The van der Waals surface area contributed by atoms with Crippen LogP contribution in [-0.4, -0.2) is 39.2 Å². The molecule has 2 N–H and O–H groups in total. The second-order valence-electron chi connectivity index (χ2n) is 8.92. The lowest BCUT2D eigenvalue weighted by molar-refractivity contribution is -0.142. The van der Waals surface area contributed by atoms with Crippen LogP contribution in [0.1, 0.15) is 38.3 Å². The maximum atomic E-state index is 10.7. The number of hydrogen-bond acceptors (Lipinski definition) is 4. The molecule has 1 saturated carbocycles. The van der Waals surface area contributed by atoms with Crippen molar-refractivity contribution in [3.8, 4) is 28.1 Å². The highest BCUT2D eigenvalue weighted by atomic mass is 16.5. The number of hydrogen-bond donors (Lipinski definition) is 2. The Morgan fingerprint density at radius 2 is 1.73 bits per heavy atom. The fourth-order valence-corrected chi connectivity index (χ4v) is 4.91. The SMILES string of the molecule is CCc1c(-c2cccc(O)c2)c(-c2ccccc2)nn1C[C@H]1CC[C@@H](COCC(=O)O)CC1. The van der Waals surface area contributed by atoms with Gasteiger partial charge in [-0.05, 0) is 61.6 Å². The molecule has 4 rings (SSSR count). The van der Waals surface area contributed by atoms with Crippen LogP contribution in [0.25, 0.3) is 22.4 Å². The van der Waals surface area contributed by atoms with Crippen LogP contribution >= 0.6 is 0 Å². The van der Waals surface area contributed by atoms with Gasteiger partial charge in [-0.1, -0.05) is 49.4 Å². The summed E-state index contributed by atoms with van der Waals surface area (Å²) in [4.78, 5) is 10.7. The van der Waals surface area contributed by atoms with E-state index in [1.165, 1.54) is 5.69 Å². The van der Waals surface area contributed by atoms with E-state index in [-0.39, 0.29) is 12.4 Å². The number of aromatic nitrogens is 2. The monoisotopic (exact) mass is 448 g/mol.